The highest BCUT2D eigenvalue weighted by Gasteiger charge is 2.38. The minimum Gasteiger partial charge on any atom is -0.485 e. The van der Waals surface area contributed by atoms with Gasteiger partial charge in [0, 0.05) is 33.7 Å². The monoisotopic (exact) mass is 755 g/mol. The van der Waals surface area contributed by atoms with Gasteiger partial charge in [0.25, 0.3) is 0 Å². The van der Waals surface area contributed by atoms with Crippen LogP contribution in [0.3, 0.4) is 0 Å². The third-order valence-corrected chi connectivity index (χ3v) is 13.2. The molecule has 12 rings (SSSR count). The third kappa shape index (κ3) is 5.19. The highest BCUT2D eigenvalue weighted by Crippen LogP contribution is 2.55. The molecule has 3 aliphatic rings. The fraction of sp³-hybridized carbons (Fsp3) is 0.0877. The van der Waals surface area contributed by atoms with Crippen molar-refractivity contribution in [3.8, 4) is 28.0 Å². The molecule has 0 N–H and O–H groups in total. The highest BCUT2D eigenvalue weighted by molar-refractivity contribution is 6.12. The highest BCUT2D eigenvalue weighted by atomic mass is 16.5. The first-order chi connectivity index (χ1) is 29.0. The molecule has 0 radical (unpaired) electrons. The number of ether oxygens (including phenoxy) is 1. The van der Waals surface area contributed by atoms with E-state index in [1.54, 1.807) is 0 Å². The first-order valence-electron chi connectivity index (χ1n) is 20.7. The lowest BCUT2D eigenvalue weighted by Gasteiger charge is -2.31. The van der Waals surface area contributed by atoms with E-state index in [9.17, 15) is 0 Å². The van der Waals surface area contributed by atoms with Crippen LogP contribution >= 0.6 is 0 Å². The number of benzene rings is 9. The summed E-state index contributed by atoms with van der Waals surface area (Å²) in [5.41, 5.74) is 14.7. The maximum Gasteiger partial charge on any atom is 0.128 e. The van der Waals surface area contributed by atoms with Gasteiger partial charge < -0.3 is 9.64 Å². The summed E-state index contributed by atoms with van der Waals surface area (Å²) < 4.78 is 6.58. The number of para-hydroxylation sites is 1. The molecular weight excluding hydrogens is 715 g/mol. The normalized spacial score (nSPS) is 16.9. The number of anilines is 3. The lowest BCUT2D eigenvalue weighted by molar-refractivity contribution is 0.269. The summed E-state index contributed by atoms with van der Waals surface area (Å²) in [5.74, 6) is 1.11. The molecule has 2 aliphatic carbocycles. The zero-order chi connectivity index (χ0) is 39.2. The van der Waals surface area contributed by atoms with Crippen molar-refractivity contribution in [1.82, 2.24) is 0 Å². The van der Waals surface area contributed by atoms with Gasteiger partial charge in [-0.1, -0.05) is 172 Å². The molecule has 0 bridgehead atoms. The molecular formula is C57H41NO. The molecule has 280 valence electrons. The van der Waals surface area contributed by atoms with Crippen molar-refractivity contribution < 1.29 is 4.74 Å². The SMILES string of the molecule is CC1(C)c2ccccc2-c2c(N(c3ccc(-c4cccc5c4ccc4ccccc45)cc3)c3ccccc3C3=CC4c5cc6ccccc6cc5OC4C=C3)cccc21. The molecule has 2 atom stereocenters. The standard InChI is InChI=1S/C57H41NO/c1-57(2)50-21-9-7-18-47(50)56-51(57)22-12-24-53(56)58(41-29-25-37(26-30-41)43-19-11-20-45-42-16-6-5-13-36(42)27-31-46(43)45)52-23-10-8-17-44(52)40-28-32-54-48(34-40)49-33-38-14-3-4-15-39(38)35-55(49)59-54/h3-35,48,54H,1-2H3. The van der Waals surface area contributed by atoms with Crippen LogP contribution in [0.4, 0.5) is 17.1 Å². The summed E-state index contributed by atoms with van der Waals surface area (Å²) in [4.78, 5) is 2.50. The van der Waals surface area contributed by atoms with Crippen molar-refractivity contribution in [3.63, 3.8) is 0 Å². The van der Waals surface area contributed by atoms with Gasteiger partial charge in [-0.25, -0.2) is 0 Å². The van der Waals surface area contributed by atoms with Crippen LogP contribution in [-0.4, -0.2) is 6.10 Å². The number of rotatable bonds is 5. The first-order valence-corrected chi connectivity index (χ1v) is 20.7. The van der Waals surface area contributed by atoms with Gasteiger partial charge in [-0.2, -0.15) is 0 Å². The van der Waals surface area contributed by atoms with Gasteiger partial charge in [0.1, 0.15) is 11.9 Å². The summed E-state index contributed by atoms with van der Waals surface area (Å²) in [5, 5.41) is 7.54. The van der Waals surface area contributed by atoms with Crippen LogP contribution in [0.5, 0.6) is 5.75 Å². The number of fused-ring (bicyclic) bond motifs is 10. The van der Waals surface area contributed by atoms with Crippen LogP contribution in [0.15, 0.2) is 200 Å². The van der Waals surface area contributed by atoms with E-state index in [4.69, 9.17) is 4.74 Å². The maximum absolute atomic E-state index is 6.58. The zero-order valence-corrected chi connectivity index (χ0v) is 33.1. The Bertz CT molecular complexity index is 3240. The molecule has 0 saturated carbocycles. The Morgan fingerprint density at radius 2 is 1.17 bits per heavy atom. The average Bonchev–Trinajstić information content (AvgIpc) is 3.76. The molecule has 2 nitrogen and oxygen atoms in total. The molecule has 1 aliphatic heterocycles. The lowest BCUT2D eigenvalue weighted by atomic mass is 9.82. The van der Waals surface area contributed by atoms with Gasteiger partial charge in [0.05, 0.1) is 11.4 Å². The Morgan fingerprint density at radius 3 is 2.03 bits per heavy atom. The topological polar surface area (TPSA) is 12.5 Å². The van der Waals surface area contributed by atoms with Gasteiger partial charge in [0.15, 0.2) is 0 Å². The number of hydrogen-bond acceptors (Lipinski definition) is 2. The van der Waals surface area contributed by atoms with Crippen molar-refractivity contribution in [1.29, 1.82) is 0 Å². The quantitative estimate of drug-likeness (QED) is 0.162. The predicted octanol–water partition coefficient (Wildman–Crippen LogP) is 15.1. The molecule has 9 aromatic rings. The molecule has 9 aromatic carbocycles. The van der Waals surface area contributed by atoms with E-state index in [0.29, 0.717) is 0 Å². The molecule has 59 heavy (non-hydrogen) atoms. The summed E-state index contributed by atoms with van der Waals surface area (Å²) >= 11 is 0. The van der Waals surface area contributed by atoms with Crippen molar-refractivity contribution in [3.05, 3.63) is 222 Å². The summed E-state index contributed by atoms with van der Waals surface area (Å²) in [6.07, 6.45) is 6.94. The Kier molecular flexibility index (Phi) is 7.43. The van der Waals surface area contributed by atoms with Gasteiger partial charge in [0.2, 0.25) is 0 Å². The van der Waals surface area contributed by atoms with Gasteiger partial charge >= 0.3 is 0 Å². The van der Waals surface area contributed by atoms with E-state index < -0.39 is 0 Å². The van der Waals surface area contributed by atoms with Crippen LogP contribution < -0.4 is 9.64 Å². The van der Waals surface area contributed by atoms with Crippen molar-refractivity contribution in [2.75, 3.05) is 4.90 Å². The van der Waals surface area contributed by atoms with E-state index in [1.165, 1.54) is 88.1 Å². The minimum absolute atomic E-state index is 0.0236. The molecule has 2 unspecified atom stereocenters. The molecule has 0 fully saturated rings. The number of hydrogen-bond donors (Lipinski definition) is 0. The third-order valence-electron chi connectivity index (χ3n) is 13.2. The van der Waals surface area contributed by atoms with Gasteiger partial charge in [-0.15, -0.1) is 0 Å². The first kappa shape index (κ1) is 33.9. The van der Waals surface area contributed by atoms with E-state index in [1.807, 2.05) is 0 Å². The number of nitrogens with zero attached hydrogens (tertiary/aromatic N) is 1. The Morgan fingerprint density at radius 1 is 0.508 bits per heavy atom. The van der Waals surface area contributed by atoms with Crippen LogP contribution in [0, 0.1) is 0 Å². The Labute approximate surface area is 345 Å². The minimum atomic E-state index is -0.126. The molecule has 0 amide bonds. The smallest absolute Gasteiger partial charge is 0.128 e. The largest absolute Gasteiger partial charge is 0.485 e. The zero-order valence-electron chi connectivity index (χ0n) is 33.1. The second-order valence-corrected chi connectivity index (χ2v) is 16.8. The van der Waals surface area contributed by atoms with E-state index in [0.717, 1.165) is 17.1 Å². The van der Waals surface area contributed by atoms with Gasteiger partial charge in [-0.05, 0) is 108 Å². The summed E-state index contributed by atoms with van der Waals surface area (Å²) in [7, 11) is 0. The van der Waals surface area contributed by atoms with Crippen LogP contribution in [-0.2, 0) is 5.41 Å². The fourth-order valence-electron chi connectivity index (χ4n) is 10.3. The summed E-state index contributed by atoms with van der Waals surface area (Å²) in [6.45, 7) is 4.72. The second kappa shape index (κ2) is 12.9. The molecule has 2 heteroatoms. The van der Waals surface area contributed by atoms with Crippen molar-refractivity contribution in [2.45, 2.75) is 31.3 Å². The van der Waals surface area contributed by atoms with E-state index in [-0.39, 0.29) is 17.4 Å². The predicted molar refractivity (Wildman–Crippen MR) is 247 cm³/mol. The van der Waals surface area contributed by atoms with Crippen molar-refractivity contribution in [2.24, 2.45) is 0 Å². The maximum atomic E-state index is 6.58. The Balaban J connectivity index is 1.03. The summed E-state index contributed by atoms with van der Waals surface area (Å²) in [6, 6.07) is 67.0. The second-order valence-electron chi connectivity index (χ2n) is 16.8. The average molecular weight is 756 g/mol. The Hall–Kier alpha value is -7.16. The molecule has 1 heterocycles. The fourth-order valence-corrected chi connectivity index (χ4v) is 10.3. The van der Waals surface area contributed by atoms with E-state index in [2.05, 4.69) is 219 Å². The van der Waals surface area contributed by atoms with E-state index >= 15 is 0 Å². The van der Waals surface area contributed by atoms with Crippen LogP contribution in [0.2, 0.25) is 0 Å². The van der Waals surface area contributed by atoms with Crippen LogP contribution in [0.1, 0.15) is 42.0 Å². The molecule has 0 aromatic heterocycles. The molecule has 0 saturated heterocycles. The van der Waals surface area contributed by atoms with Crippen LogP contribution in [0.25, 0.3) is 60.1 Å². The lowest BCUT2D eigenvalue weighted by Crippen LogP contribution is -2.18. The van der Waals surface area contributed by atoms with Crippen molar-refractivity contribution >= 4 is 55.0 Å². The molecule has 0 spiro atoms. The number of allylic oxidation sites excluding steroid dienone is 2. The van der Waals surface area contributed by atoms with Gasteiger partial charge in [-0.3, -0.25) is 0 Å².